The summed E-state index contributed by atoms with van der Waals surface area (Å²) in [5.41, 5.74) is 12.4. The van der Waals surface area contributed by atoms with Crippen LogP contribution in [0.5, 0.6) is 0 Å². The number of piperazine rings is 1. The maximum Gasteiger partial charge on any atom is 0.354 e. The fourth-order valence-electron chi connectivity index (χ4n) is 4.66. The largest absolute Gasteiger partial charge is 0.354 e. The van der Waals surface area contributed by atoms with Crippen molar-refractivity contribution in [2.45, 2.75) is 44.7 Å². The molecule has 0 radical (unpaired) electrons. The molecule has 2 aromatic rings. The van der Waals surface area contributed by atoms with Crippen molar-refractivity contribution in [1.29, 1.82) is 0 Å². The molecule has 4 rings (SSSR count). The highest BCUT2D eigenvalue weighted by atomic mass is 35.5. The number of hydrogen-bond acceptors (Lipinski definition) is 7. The van der Waals surface area contributed by atoms with Crippen molar-refractivity contribution in [1.82, 2.24) is 24.3 Å². The summed E-state index contributed by atoms with van der Waals surface area (Å²) in [5.74, 6) is 0.0452. The van der Waals surface area contributed by atoms with Crippen LogP contribution in [-0.2, 0) is 11.2 Å². The van der Waals surface area contributed by atoms with Crippen LogP contribution < -0.4 is 22.5 Å². The van der Waals surface area contributed by atoms with E-state index in [0.29, 0.717) is 37.9 Å². The van der Waals surface area contributed by atoms with Crippen molar-refractivity contribution in [2.75, 3.05) is 51.1 Å². The summed E-state index contributed by atoms with van der Waals surface area (Å²) < 4.78 is 1.45. The molecule has 12 heteroatoms. The maximum absolute atomic E-state index is 12.7. The molecule has 0 unspecified atom stereocenters. The lowest BCUT2D eigenvalue weighted by molar-refractivity contribution is -0.137. The Morgan fingerprint density at radius 3 is 2.18 bits per heavy atom. The van der Waals surface area contributed by atoms with E-state index in [0.717, 1.165) is 38.9 Å². The van der Waals surface area contributed by atoms with E-state index < -0.39 is 11.2 Å². The summed E-state index contributed by atoms with van der Waals surface area (Å²) in [6, 6.07) is 9.46. The number of benzene rings is 1. The van der Waals surface area contributed by atoms with E-state index in [1.807, 2.05) is 24.3 Å². The van der Waals surface area contributed by atoms with Crippen LogP contribution in [0.4, 0.5) is 10.6 Å². The van der Waals surface area contributed by atoms with Crippen LogP contribution in [0.1, 0.15) is 32.3 Å². The van der Waals surface area contributed by atoms with Crippen LogP contribution in [0.2, 0.25) is 0 Å². The third-order valence-corrected chi connectivity index (χ3v) is 7.01. The number of urea groups is 1. The van der Waals surface area contributed by atoms with Crippen LogP contribution in [0, 0.1) is 0 Å². The second-order valence-corrected chi connectivity index (χ2v) is 10.5. The number of aromatic nitrogens is 2. The number of halogens is 1. The van der Waals surface area contributed by atoms with Gasteiger partial charge in [-0.2, -0.15) is 4.98 Å². The van der Waals surface area contributed by atoms with Gasteiger partial charge in [-0.25, -0.2) is 9.59 Å². The lowest BCUT2D eigenvalue weighted by Gasteiger charge is -2.37. The van der Waals surface area contributed by atoms with Gasteiger partial charge < -0.3 is 26.2 Å². The van der Waals surface area contributed by atoms with E-state index in [9.17, 15) is 14.4 Å². The van der Waals surface area contributed by atoms with Gasteiger partial charge in [-0.05, 0) is 70.0 Å². The number of carbonyl (C=O) groups excluding carboxylic acids is 2. The SMILES string of the molecule is CC(C)(N)C(=O)N1CCN(C(=O)Nc2ccn(-c3ccc(CCN4CCC(N)CC4)cc3)c(=O)n2)CC1.Cl. The molecule has 0 atom stereocenters. The number of carbonyl (C=O) groups is 2. The average Bonchev–Trinajstić information content (AvgIpc) is 2.88. The first-order valence-electron chi connectivity index (χ1n) is 12.9. The van der Waals surface area contributed by atoms with Crippen LogP contribution in [0.15, 0.2) is 41.3 Å². The van der Waals surface area contributed by atoms with Crippen LogP contribution in [0.3, 0.4) is 0 Å². The van der Waals surface area contributed by atoms with Crippen molar-refractivity contribution in [3.63, 3.8) is 0 Å². The van der Waals surface area contributed by atoms with Crippen molar-refractivity contribution >= 4 is 30.2 Å². The van der Waals surface area contributed by atoms with E-state index in [1.165, 1.54) is 10.1 Å². The lowest BCUT2D eigenvalue weighted by atomic mass is 10.1. The monoisotopic (exact) mass is 546 g/mol. The molecule has 2 aliphatic heterocycles. The minimum absolute atomic E-state index is 0. The number of likely N-dealkylation sites (tertiary alicyclic amines) is 1. The zero-order chi connectivity index (χ0) is 26.6. The number of nitrogens with one attached hydrogen (secondary N) is 1. The molecule has 2 saturated heterocycles. The normalized spacial score (nSPS) is 17.2. The Hall–Kier alpha value is -2.99. The molecule has 0 bridgehead atoms. The van der Waals surface area contributed by atoms with Gasteiger partial charge in [-0.3, -0.25) is 14.7 Å². The smallest absolute Gasteiger partial charge is 0.338 e. The molecular weight excluding hydrogens is 508 g/mol. The lowest BCUT2D eigenvalue weighted by Crippen LogP contribution is -2.58. The number of nitrogens with zero attached hydrogens (tertiary/aromatic N) is 5. The fourth-order valence-corrected chi connectivity index (χ4v) is 4.66. The van der Waals surface area contributed by atoms with Crippen molar-refractivity contribution in [3.05, 3.63) is 52.6 Å². The first kappa shape index (κ1) is 29.6. The van der Waals surface area contributed by atoms with Gasteiger partial charge in [0.2, 0.25) is 5.91 Å². The number of anilines is 1. The highest BCUT2D eigenvalue weighted by Crippen LogP contribution is 2.14. The summed E-state index contributed by atoms with van der Waals surface area (Å²) in [5, 5.41) is 2.69. The standard InChI is InChI=1S/C26H38N8O3.ClH/c1-26(2,28)23(35)32-15-17-33(18-16-32)24(36)29-22-10-14-34(25(37)30-22)21-5-3-19(4-6-21)7-11-31-12-8-20(27)9-13-31;/h3-6,10,14,20H,7-9,11-13,15-18,27-28H2,1-2H3,(H,29,30,36,37);1H. The summed E-state index contributed by atoms with van der Waals surface area (Å²) in [4.78, 5) is 47.4. The Labute approximate surface area is 229 Å². The molecule has 2 aliphatic rings. The molecule has 2 fully saturated rings. The number of rotatable bonds is 6. The van der Waals surface area contributed by atoms with Crippen molar-refractivity contribution < 1.29 is 9.59 Å². The van der Waals surface area contributed by atoms with Gasteiger partial charge in [-0.15, -0.1) is 12.4 Å². The second kappa shape index (κ2) is 12.7. The molecule has 0 saturated carbocycles. The first-order chi connectivity index (χ1) is 17.6. The van der Waals surface area contributed by atoms with E-state index in [-0.39, 0.29) is 30.2 Å². The molecule has 1 aromatic carbocycles. The molecule has 11 nitrogen and oxygen atoms in total. The second-order valence-electron chi connectivity index (χ2n) is 10.5. The molecule has 208 valence electrons. The molecule has 5 N–H and O–H groups in total. The molecule has 3 heterocycles. The maximum atomic E-state index is 12.7. The number of piperidine rings is 1. The van der Waals surface area contributed by atoms with Gasteiger partial charge in [0.25, 0.3) is 0 Å². The molecule has 0 aliphatic carbocycles. The molecule has 0 spiro atoms. The predicted octanol–water partition coefficient (Wildman–Crippen LogP) is 1.03. The quantitative estimate of drug-likeness (QED) is 0.491. The Kier molecular flexibility index (Phi) is 9.88. The van der Waals surface area contributed by atoms with E-state index >= 15 is 0 Å². The Balaban J connectivity index is 0.00000400. The summed E-state index contributed by atoms with van der Waals surface area (Å²) in [6.45, 7) is 8.00. The zero-order valence-corrected chi connectivity index (χ0v) is 23.0. The van der Waals surface area contributed by atoms with E-state index in [2.05, 4.69) is 15.2 Å². The van der Waals surface area contributed by atoms with Gasteiger partial charge in [-0.1, -0.05) is 12.1 Å². The van der Waals surface area contributed by atoms with Gasteiger partial charge in [0.1, 0.15) is 5.82 Å². The van der Waals surface area contributed by atoms with Crippen molar-refractivity contribution in [2.24, 2.45) is 11.5 Å². The Bertz CT molecular complexity index is 1150. The zero-order valence-electron chi connectivity index (χ0n) is 22.1. The topological polar surface area (TPSA) is 143 Å². The number of amides is 3. The van der Waals surface area contributed by atoms with Gasteiger partial charge in [0.15, 0.2) is 0 Å². The van der Waals surface area contributed by atoms with Crippen LogP contribution in [-0.4, -0.2) is 93.6 Å². The molecule has 1 aromatic heterocycles. The van der Waals surface area contributed by atoms with Crippen LogP contribution in [0.25, 0.3) is 5.69 Å². The van der Waals surface area contributed by atoms with Crippen molar-refractivity contribution in [3.8, 4) is 5.69 Å². The minimum atomic E-state index is -0.944. The van der Waals surface area contributed by atoms with E-state index in [1.54, 1.807) is 35.9 Å². The fraction of sp³-hybridized carbons (Fsp3) is 0.538. The molecular formula is C26H39ClN8O3. The highest BCUT2D eigenvalue weighted by molar-refractivity contribution is 5.89. The van der Waals surface area contributed by atoms with Crippen LogP contribution >= 0.6 is 12.4 Å². The average molecular weight is 547 g/mol. The molecule has 38 heavy (non-hydrogen) atoms. The highest BCUT2D eigenvalue weighted by Gasteiger charge is 2.31. The summed E-state index contributed by atoms with van der Waals surface area (Å²) in [7, 11) is 0. The third kappa shape index (κ3) is 7.53. The first-order valence-corrected chi connectivity index (χ1v) is 12.9. The predicted molar refractivity (Wildman–Crippen MR) is 150 cm³/mol. The third-order valence-electron chi connectivity index (χ3n) is 7.01. The Morgan fingerprint density at radius 2 is 1.61 bits per heavy atom. The summed E-state index contributed by atoms with van der Waals surface area (Å²) >= 11 is 0. The van der Waals surface area contributed by atoms with Gasteiger partial charge in [0, 0.05) is 45.0 Å². The summed E-state index contributed by atoms with van der Waals surface area (Å²) in [6.07, 6.45) is 4.66. The van der Waals surface area contributed by atoms with Gasteiger partial charge in [0.05, 0.1) is 11.2 Å². The molecule has 3 amide bonds. The van der Waals surface area contributed by atoms with Gasteiger partial charge >= 0.3 is 11.7 Å². The Morgan fingerprint density at radius 1 is 1.00 bits per heavy atom. The van der Waals surface area contributed by atoms with E-state index in [4.69, 9.17) is 11.5 Å². The number of nitrogens with two attached hydrogens (primary N) is 2. The number of hydrogen-bond donors (Lipinski definition) is 3. The minimum Gasteiger partial charge on any atom is -0.338 e.